The molecule has 188 valence electrons. The Morgan fingerprint density at radius 3 is 2.68 bits per heavy atom. The van der Waals surface area contributed by atoms with E-state index in [1.54, 1.807) is 24.0 Å². The van der Waals surface area contributed by atoms with E-state index < -0.39 is 11.6 Å². The number of ether oxygens (including phenoxy) is 1. The molecule has 4 aromatic heterocycles. The first-order valence-corrected chi connectivity index (χ1v) is 12.4. The molecule has 0 saturated carbocycles. The number of carbonyl (C=O) groups excluding carboxylic acids is 1. The fourth-order valence-electron chi connectivity index (χ4n) is 4.09. The summed E-state index contributed by atoms with van der Waals surface area (Å²) < 4.78 is 34.6. The van der Waals surface area contributed by atoms with Gasteiger partial charge in [-0.15, -0.1) is 0 Å². The maximum absolute atomic E-state index is 13.7. The number of rotatable bonds is 8. The van der Waals surface area contributed by atoms with E-state index >= 15 is 0 Å². The normalized spacial score (nSPS) is 11.3. The Labute approximate surface area is 215 Å². The third kappa shape index (κ3) is 5.17. The SMILES string of the molecule is CC(C)c1c(C(=O)NCc2ccc(F)c(F)c2)c2cnc(Oc3nccs3)nc2n1Cc1ccccn1. The molecule has 5 aromatic rings. The quantitative estimate of drug-likeness (QED) is 0.292. The van der Waals surface area contributed by atoms with Crippen molar-refractivity contribution in [3.05, 3.63) is 94.5 Å². The van der Waals surface area contributed by atoms with Crippen molar-refractivity contribution < 1.29 is 18.3 Å². The van der Waals surface area contributed by atoms with Gasteiger partial charge in [-0.05, 0) is 35.7 Å². The summed E-state index contributed by atoms with van der Waals surface area (Å²) in [7, 11) is 0. The molecule has 0 saturated heterocycles. The molecule has 0 atom stereocenters. The second-order valence-electron chi connectivity index (χ2n) is 8.54. The van der Waals surface area contributed by atoms with Crippen LogP contribution in [0.4, 0.5) is 8.78 Å². The van der Waals surface area contributed by atoms with Crippen molar-refractivity contribution in [3.63, 3.8) is 0 Å². The molecule has 0 radical (unpaired) electrons. The van der Waals surface area contributed by atoms with Gasteiger partial charge in [0.2, 0.25) is 0 Å². The lowest BCUT2D eigenvalue weighted by atomic mass is 10.0. The molecule has 0 aliphatic rings. The molecule has 0 unspecified atom stereocenters. The first-order valence-electron chi connectivity index (χ1n) is 11.5. The number of pyridine rings is 1. The van der Waals surface area contributed by atoms with E-state index in [0.29, 0.717) is 33.9 Å². The number of nitrogens with zero attached hydrogens (tertiary/aromatic N) is 5. The first-order chi connectivity index (χ1) is 17.9. The lowest BCUT2D eigenvalue weighted by Crippen LogP contribution is -2.24. The van der Waals surface area contributed by atoms with Gasteiger partial charge >= 0.3 is 6.01 Å². The lowest BCUT2D eigenvalue weighted by molar-refractivity contribution is 0.0951. The van der Waals surface area contributed by atoms with Gasteiger partial charge in [-0.25, -0.2) is 18.7 Å². The van der Waals surface area contributed by atoms with Crippen LogP contribution in [0.3, 0.4) is 0 Å². The summed E-state index contributed by atoms with van der Waals surface area (Å²) in [5.74, 6) is -2.36. The number of halogens is 2. The highest BCUT2D eigenvalue weighted by Gasteiger charge is 2.27. The van der Waals surface area contributed by atoms with Gasteiger partial charge in [-0.2, -0.15) is 4.98 Å². The maximum Gasteiger partial charge on any atom is 0.325 e. The van der Waals surface area contributed by atoms with Crippen molar-refractivity contribution in [2.24, 2.45) is 0 Å². The van der Waals surface area contributed by atoms with Crippen LogP contribution in [0, 0.1) is 11.6 Å². The van der Waals surface area contributed by atoms with Crippen LogP contribution in [0.1, 0.15) is 47.1 Å². The van der Waals surface area contributed by atoms with Gasteiger partial charge in [0, 0.05) is 36.2 Å². The molecule has 1 N–H and O–H groups in total. The molecule has 11 heteroatoms. The molecule has 0 spiro atoms. The standard InChI is InChI=1S/C26H22F2N6O2S/c1-15(2)22-21(24(35)31-12-16-6-7-19(27)20(28)11-16)18-13-32-25(36-26-30-9-10-37-26)33-23(18)34(22)14-17-5-3-4-8-29-17/h3-11,13,15H,12,14H2,1-2H3,(H,31,35). The number of benzene rings is 1. The Morgan fingerprint density at radius 1 is 1.11 bits per heavy atom. The van der Waals surface area contributed by atoms with Gasteiger partial charge in [0.1, 0.15) is 5.65 Å². The minimum atomic E-state index is -0.970. The van der Waals surface area contributed by atoms with Crippen molar-refractivity contribution in [2.75, 3.05) is 0 Å². The second-order valence-corrected chi connectivity index (χ2v) is 9.40. The van der Waals surface area contributed by atoms with Gasteiger partial charge in [0.05, 0.1) is 23.2 Å². The minimum Gasteiger partial charge on any atom is -0.395 e. The number of amides is 1. The van der Waals surface area contributed by atoms with E-state index in [9.17, 15) is 13.6 Å². The van der Waals surface area contributed by atoms with Gasteiger partial charge < -0.3 is 14.6 Å². The number of carbonyl (C=O) groups is 1. The zero-order valence-corrected chi connectivity index (χ0v) is 20.8. The Bertz CT molecular complexity index is 1550. The smallest absolute Gasteiger partial charge is 0.325 e. The summed E-state index contributed by atoms with van der Waals surface area (Å²) in [6.07, 6.45) is 4.88. The zero-order valence-electron chi connectivity index (χ0n) is 20.0. The molecule has 1 aromatic carbocycles. The summed E-state index contributed by atoms with van der Waals surface area (Å²) >= 11 is 1.31. The van der Waals surface area contributed by atoms with Crippen LogP contribution < -0.4 is 10.1 Å². The summed E-state index contributed by atoms with van der Waals surface area (Å²) in [6.45, 7) is 4.35. The van der Waals surface area contributed by atoms with Crippen molar-refractivity contribution >= 4 is 28.3 Å². The maximum atomic E-state index is 13.7. The van der Waals surface area contributed by atoms with Crippen LogP contribution in [0.5, 0.6) is 11.2 Å². The molecule has 1 amide bonds. The number of thiazole rings is 1. The number of fused-ring (bicyclic) bond motifs is 1. The highest BCUT2D eigenvalue weighted by Crippen LogP contribution is 2.32. The molecule has 37 heavy (non-hydrogen) atoms. The van der Waals surface area contributed by atoms with Gasteiger partial charge in [-0.1, -0.05) is 37.3 Å². The Kier molecular flexibility index (Phi) is 6.87. The molecule has 5 rings (SSSR count). The number of nitrogens with one attached hydrogen (secondary N) is 1. The van der Waals surface area contributed by atoms with E-state index in [1.807, 2.05) is 36.6 Å². The molecular weight excluding hydrogens is 498 g/mol. The van der Waals surface area contributed by atoms with Crippen molar-refractivity contribution in [2.45, 2.75) is 32.9 Å². The van der Waals surface area contributed by atoms with Crippen LogP contribution in [0.15, 0.2) is 60.4 Å². The molecule has 0 aliphatic carbocycles. The third-order valence-corrected chi connectivity index (χ3v) is 6.31. The highest BCUT2D eigenvalue weighted by molar-refractivity contribution is 7.11. The predicted molar refractivity (Wildman–Crippen MR) is 135 cm³/mol. The zero-order chi connectivity index (χ0) is 25.9. The average Bonchev–Trinajstić information content (AvgIpc) is 3.51. The molecule has 0 aliphatic heterocycles. The Hall–Kier alpha value is -4.25. The van der Waals surface area contributed by atoms with Gasteiger partial charge in [0.15, 0.2) is 11.6 Å². The van der Waals surface area contributed by atoms with Crippen LogP contribution >= 0.6 is 11.3 Å². The minimum absolute atomic E-state index is 0.0204. The Balaban J connectivity index is 1.57. The van der Waals surface area contributed by atoms with Gasteiger partial charge in [0.25, 0.3) is 11.1 Å². The van der Waals surface area contributed by atoms with Crippen molar-refractivity contribution in [3.8, 4) is 11.2 Å². The largest absolute Gasteiger partial charge is 0.395 e. The number of hydrogen-bond donors (Lipinski definition) is 1. The highest BCUT2D eigenvalue weighted by atomic mass is 32.1. The van der Waals surface area contributed by atoms with Crippen LogP contribution in [-0.2, 0) is 13.1 Å². The summed E-state index contributed by atoms with van der Waals surface area (Å²) in [6, 6.07) is 9.25. The fraction of sp³-hybridized carbons (Fsp3) is 0.192. The second kappa shape index (κ2) is 10.4. The van der Waals surface area contributed by atoms with E-state index in [1.165, 1.54) is 17.4 Å². The van der Waals surface area contributed by atoms with Gasteiger partial charge in [-0.3, -0.25) is 9.78 Å². The predicted octanol–water partition coefficient (Wildman–Crippen LogP) is 5.46. The summed E-state index contributed by atoms with van der Waals surface area (Å²) in [4.78, 5) is 31.0. The number of hydrogen-bond acceptors (Lipinski definition) is 7. The third-order valence-electron chi connectivity index (χ3n) is 5.66. The number of aromatic nitrogens is 5. The van der Waals surface area contributed by atoms with Crippen LogP contribution in [0.2, 0.25) is 0 Å². The molecule has 0 bridgehead atoms. The topological polar surface area (TPSA) is 94.8 Å². The molecule has 4 heterocycles. The average molecular weight is 521 g/mol. The van der Waals surface area contributed by atoms with E-state index in [4.69, 9.17) is 4.74 Å². The fourth-order valence-corrected chi connectivity index (χ4v) is 4.57. The molecule has 0 fully saturated rings. The van der Waals surface area contributed by atoms with E-state index in [2.05, 4.69) is 25.3 Å². The molecular formula is C26H22F2N6O2S. The summed E-state index contributed by atoms with van der Waals surface area (Å²) in [5, 5.41) is 5.54. The molecule has 8 nitrogen and oxygen atoms in total. The summed E-state index contributed by atoms with van der Waals surface area (Å²) in [5.41, 5.74) is 2.88. The lowest BCUT2D eigenvalue weighted by Gasteiger charge is -2.15. The van der Waals surface area contributed by atoms with Crippen molar-refractivity contribution in [1.29, 1.82) is 0 Å². The van der Waals surface area contributed by atoms with Crippen LogP contribution in [-0.4, -0.2) is 30.4 Å². The monoisotopic (exact) mass is 520 g/mol. The van der Waals surface area contributed by atoms with E-state index in [-0.39, 0.29) is 24.4 Å². The van der Waals surface area contributed by atoms with Crippen LogP contribution in [0.25, 0.3) is 11.0 Å². The Morgan fingerprint density at radius 2 is 1.97 bits per heavy atom. The van der Waals surface area contributed by atoms with E-state index in [0.717, 1.165) is 23.5 Å². The first kappa shape index (κ1) is 24.4. The van der Waals surface area contributed by atoms with Crippen molar-refractivity contribution in [1.82, 2.24) is 29.8 Å².